The van der Waals surface area contributed by atoms with Crippen molar-refractivity contribution >= 4 is 0 Å². The van der Waals surface area contributed by atoms with E-state index in [2.05, 4.69) is 38.9 Å². The maximum Gasteiger partial charge on any atom is 0.110 e. The van der Waals surface area contributed by atoms with Crippen LogP contribution in [0, 0.1) is 5.92 Å². The van der Waals surface area contributed by atoms with Gasteiger partial charge in [-0.2, -0.15) is 5.10 Å². The molecule has 0 spiro atoms. The van der Waals surface area contributed by atoms with E-state index in [0.29, 0.717) is 12.0 Å². The first-order valence-electron chi connectivity index (χ1n) is 7.77. The summed E-state index contributed by atoms with van der Waals surface area (Å²) in [5.74, 6) is 0.666. The van der Waals surface area contributed by atoms with Crippen LogP contribution in [0.4, 0.5) is 0 Å². The van der Waals surface area contributed by atoms with E-state index >= 15 is 0 Å². The Morgan fingerprint density at radius 1 is 1.29 bits per heavy atom. The number of piperidine rings is 1. The molecular weight excluding hydrogens is 262 g/mol. The number of hydrogen-bond donors (Lipinski definition) is 1. The zero-order valence-electron chi connectivity index (χ0n) is 12.8. The Labute approximate surface area is 125 Å². The number of nitrogens with one attached hydrogen (secondary N) is 1. The number of hydrogen-bond acceptors (Lipinski definition) is 4. The van der Waals surface area contributed by atoms with Crippen LogP contribution in [-0.2, 0) is 6.42 Å². The predicted octanol–water partition coefficient (Wildman–Crippen LogP) is 2.53. The van der Waals surface area contributed by atoms with E-state index in [-0.39, 0.29) is 0 Å². The fourth-order valence-electron chi connectivity index (χ4n) is 3.14. The minimum atomic E-state index is 0.627. The number of aromatic nitrogens is 4. The van der Waals surface area contributed by atoms with Gasteiger partial charge in [-0.25, -0.2) is 0 Å². The SMILES string of the molecule is CC(C)N1CCC[C@H](Cc2nccnc2-c2ccn[nH]2)C1. The summed E-state index contributed by atoms with van der Waals surface area (Å²) in [5, 5.41) is 7.02. The van der Waals surface area contributed by atoms with Crippen LogP contribution < -0.4 is 0 Å². The van der Waals surface area contributed by atoms with Gasteiger partial charge >= 0.3 is 0 Å². The van der Waals surface area contributed by atoms with E-state index in [1.54, 1.807) is 18.6 Å². The molecule has 1 atom stereocenters. The molecule has 2 aromatic heterocycles. The average Bonchev–Trinajstić information content (AvgIpc) is 3.02. The van der Waals surface area contributed by atoms with Gasteiger partial charge in [0, 0.05) is 31.2 Å². The van der Waals surface area contributed by atoms with E-state index in [1.807, 2.05) is 6.07 Å². The van der Waals surface area contributed by atoms with Crippen LogP contribution in [0.25, 0.3) is 11.4 Å². The third-order valence-electron chi connectivity index (χ3n) is 4.29. The Morgan fingerprint density at radius 3 is 2.90 bits per heavy atom. The molecule has 0 amide bonds. The number of H-pyrrole nitrogens is 1. The van der Waals surface area contributed by atoms with Crippen molar-refractivity contribution in [3.05, 3.63) is 30.4 Å². The topological polar surface area (TPSA) is 57.7 Å². The fourth-order valence-corrected chi connectivity index (χ4v) is 3.14. The highest BCUT2D eigenvalue weighted by atomic mass is 15.2. The molecular formula is C16H23N5. The van der Waals surface area contributed by atoms with Crippen LogP contribution in [0.15, 0.2) is 24.7 Å². The van der Waals surface area contributed by atoms with Crippen molar-refractivity contribution in [1.82, 2.24) is 25.1 Å². The van der Waals surface area contributed by atoms with Gasteiger partial charge in [-0.3, -0.25) is 15.1 Å². The summed E-state index contributed by atoms with van der Waals surface area (Å²) >= 11 is 0. The standard InChI is InChI=1S/C16H23N5/c1-12(2)21-9-3-4-13(11-21)10-15-16(18-8-7-17-15)14-5-6-19-20-14/h5-8,12-13H,3-4,9-11H2,1-2H3,(H,19,20)/t13-/m1/s1. The molecule has 0 bridgehead atoms. The summed E-state index contributed by atoms with van der Waals surface area (Å²) in [5.41, 5.74) is 2.98. The normalized spacial score (nSPS) is 20.0. The van der Waals surface area contributed by atoms with E-state index in [1.165, 1.54) is 19.4 Å². The lowest BCUT2D eigenvalue weighted by Crippen LogP contribution is -2.40. The first kappa shape index (κ1) is 14.2. The van der Waals surface area contributed by atoms with Gasteiger partial charge < -0.3 is 4.90 Å². The molecule has 1 N–H and O–H groups in total. The van der Waals surface area contributed by atoms with Crippen LogP contribution in [0.2, 0.25) is 0 Å². The van der Waals surface area contributed by atoms with E-state index in [9.17, 15) is 0 Å². The van der Waals surface area contributed by atoms with Gasteiger partial charge in [0.25, 0.3) is 0 Å². The van der Waals surface area contributed by atoms with Crippen molar-refractivity contribution in [3.8, 4) is 11.4 Å². The summed E-state index contributed by atoms with van der Waals surface area (Å²) < 4.78 is 0. The minimum Gasteiger partial charge on any atom is -0.301 e. The third-order valence-corrected chi connectivity index (χ3v) is 4.29. The molecule has 0 radical (unpaired) electrons. The molecule has 0 aliphatic carbocycles. The van der Waals surface area contributed by atoms with Crippen LogP contribution in [0.5, 0.6) is 0 Å². The highest BCUT2D eigenvalue weighted by Crippen LogP contribution is 2.25. The number of aromatic amines is 1. The number of likely N-dealkylation sites (tertiary alicyclic amines) is 1. The molecule has 2 aromatic rings. The lowest BCUT2D eigenvalue weighted by molar-refractivity contribution is 0.139. The summed E-state index contributed by atoms with van der Waals surface area (Å²) in [6, 6.07) is 2.58. The van der Waals surface area contributed by atoms with Gasteiger partial charge in [0.2, 0.25) is 0 Å². The summed E-state index contributed by atoms with van der Waals surface area (Å²) in [6.45, 7) is 6.94. The van der Waals surface area contributed by atoms with Crippen LogP contribution >= 0.6 is 0 Å². The zero-order valence-corrected chi connectivity index (χ0v) is 12.8. The van der Waals surface area contributed by atoms with Gasteiger partial charge in [0.15, 0.2) is 0 Å². The Balaban J connectivity index is 1.76. The highest BCUT2D eigenvalue weighted by molar-refractivity contribution is 5.55. The van der Waals surface area contributed by atoms with Crippen molar-refractivity contribution in [2.24, 2.45) is 5.92 Å². The first-order chi connectivity index (χ1) is 10.2. The largest absolute Gasteiger partial charge is 0.301 e. The molecule has 0 aromatic carbocycles. The summed E-state index contributed by atoms with van der Waals surface area (Å²) in [6.07, 6.45) is 8.85. The van der Waals surface area contributed by atoms with Gasteiger partial charge in [-0.05, 0) is 51.6 Å². The molecule has 0 unspecified atom stereocenters. The Hall–Kier alpha value is -1.75. The van der Waals surface area contributed by atoms with Gasteiger partial charge in [0.1, 0.15) is 5.69 Å². The molecule has 0 saturated carbocycles. The second kappa shape index (κ2) is 6.35. The molecule has 5 heteroatoms. The van der Waals surface area contributed by atoms with Crippen molar-refractivity contribution in [2.45, 2.75) is 39.2 Å². The van der Waals surface area contributed by atoms with E-state index < -0.39 is 0 Å². The quantitative estimate of drug-likeness (QED) is 0.938. The molecule has 21 heavy (non-hydrogen) atoms. The molecule has 1 aliphatic rings. The molecule has 1 saturated heterocycles. The van der Waals surface area contributed by atoms with Gasteiger partial charge in [-0.1, -0.05) is 0 Å². The maximum absolute atomic E-state index is 4.57. The zero-order chi connectivity index (χ0) is 14.7. The van der Waals surface area contributed by atoms with Crippen molar-refractivity contribution in [3.63, 3.8) is 0 Å². The number of rotatable bonds is 4. The number of nitrogens with zero attached hydrogens (tertiary/aromatic N) is 4. The molecule has 112 valence electrons. The van der Waals surface area contributed by atoms with Gasteiger partial charge in [0.05, 0.1) is 11.4 Å². The fraction of sp³-hybridized carbons (Fsp3) is 0.562. The summed E-state index contributed by atoms with van der Waals surface area (Å²) in [7, 11) is 0. The molecule has 1 aliphatic heterocycles. The molecule has 1 fully saturated rings. The Kier molecular flexibility index (Phi) is 4.29. The van der Waals surface area contributed by atoms with Crippen molar-refractivity contribution in [2.75, 3.05) is 13.1 Å². The van der Waals surface area contributed by atoms with E-state index in [4.69, 9.17) is 0 Å². The Bertz CT molecular complexity index is 564. The van der Waals surface area contributed by atoms with Gasteiger partial charge in [-0.15, -0.1) is 0 Å². The van der Waals surface area contributed by atoms with Crippen molar-refractivity contribution < 1.29 is 0 Å². The smallest absolute Gasteiger partial charge is 0.110 e. The third kappa shape index (κ3) is 3.29. The van der Waals surface area contributed by atoms with Crippen LogP contribution in [0.3, 0.4) is 0 Å². The molecule has 3 rings (SSSR count). The molecule has 5 nitrogen and oxygen atoms in total. The summed E-state index contributed by atoms with van der Waals surface area (Å²) in [4.78, 5) is 11.6. The highest BCUT2D eigenvalue weighted by Gasteiger charge is 2.23. The lowest BCUT2D eigenvalue weighted by Gasteiger charge is -2.35. The monoisotopic (exact) mass is 285 g/mol. The second-order valence-electron chi connectivity index (χ2n) is 6.12. The average molecular weight is 285 g/mol. The molecule has 3 heterocycles. The Morgan fingerprint density at radius 2 is 2.14 bits per heavy atom. The second-order valence-corrected chi connectivity index (χ2v) is 6.12. The predicted molar refractivity (Wildman–Crippen MR) is 82.8 cm³/mol. The lowest BCUT2D eigenvalue weighted by atomic mass is 9.91. The van der Waals surface area contributed by atoms with E-state index in [0.717, 1.165) is 30.0 Å². The maximum atomic E-state index is 4.57. The minimum absolute atomic E-state index is 0.627. The van der Waals surface area contributed by atoms with Crippen molar-refractivity contribution in [1.29, 1.82) is 0 Å². The van der Waals surface area contributed by atoms with Crippen LogP contribution in [-0.4, -0.2) is 44.2 Å². The first-order valence-corrected chi connectivity index (χ1v) is 7.77. The van der Waals surface area contributed by atoms with Crippen LogP contribution in [0.1, 0.15) is 32.4 Å².